The molecule has 0 spiro atoms. The zero-order chi connectivity index (χ0) is 2.71. The Morgan fingerprint density at radius 2 is 1.75 bits per heavy atom. The van der Waals surface area contributed by atoms with E-state index in [-0.39, 0.29) is 51.4 Å². The van der Waals surface area contributed by atoms with Crippen molar-refractivity contribution in [3.63, 3.8) is 0 Å². The Labute approximate surface area is 69.7 Å². The Bertz CT molecular complexity index is 10.8. The third-order valence-corrected chi connectivity index (χ3v) is 0. The molecule has 0 rings (SSSR count). The second-order valence-corrected chi connectivity index (χ2v) is 0.354. The fourth-order valence-corrected chi connectivity index (χ4v) is 0. The van der Waals surface area contributed by atoms with Gasteiger partial charge in [0.1, 0.15) is 0 Å². The van der Waals surface area contributed by atoms with E-state index < -0.39 is 0 Å². The molecule has 1 heteroatoms. The molecule has 0 aliphatic rings. The fourth-order valence-electron chi connectivity index (χ4n) is 0. The summed E-state index contributed by atoms with van der Waals surface area (Å²) in [5.41, 5.74) is 0. The van der Waals surface area contributed by atoms with Crippen molar-refractivity contribution in [2.75, 3.05) is 0 Å². The fraction of sp³-hybridized carbons (Fsp3) is 0.333. The van der Waals surface area contributed by atoms with E-state index in [1.165, 1.54) is 0 Å². The van der Waals surface area contributed by atoms with Crippen LogP contribution < -0.4 is 51.4 Å². The van der Waals surface area contributed by atoms with E-state index >= 15 is 0 Å². The van der Waals surface area contributed by atoms with Crippen LogP contribution in [0.1, 0.15) is 6.92 Å². The van der Waals surface area contributed by atoms with Gasteiger partial charge in [-0.25, -0.2) is 0 Å². The topological polar surface area (TPSA) is 0 Å². The maximum absolute atomic E-state index is 3.24. The Hall–Kier alpha value is 1.38. The van der Waals surface area contributed by atoms with Crippen LogP contribution in [0.25, 0.3) is 0 Å². The van der Waals surface area contributed by atoms with Crippen LogP contribution in [0.3, 0.4) is 0 Å². The molecule has 0 saturated heterocycles. The summed E-state index contributed by atoms with van der Waals surface area (Å²) in [7, 11) is 0. The molecule has 0 bridgehead atoms. The normalized spacial score (nSPS) is 3.25. The van der Waals surface area contributed by atoms with Crippen LogP contribution >= 0.6 is 0 Å². The molecule has 0 N–H and O–H groups in total. The van der Waals surface area contributed by atoms with Crippen LogP contribution in [0.15, 0.2) is 6.58 Å². The summed E-state index contributed by atoms with van der Waals surface area (Å²) in [6.45, 7) is 5.00. The van der Waals surface area contributed by atoms with Crippen molar-refractivity contribution in [3.05, 3.63) is 12.7 Å². The van der Waals surface area contributed by atoms with Crippen molar-refractivity contribution in [1.29, 1.82) is 0 Å². The molecule has 0 nitrogen and oxygen atoms in total. The largest absolute Gasteiger partial charge is 1.00 e. The van der Waals surface area contributed by atoms with Crippen LogP contribution in [-0.2, 0) is 0 Å². The van der Waals surface area contributed by atoms with E-state index in [0.29, 0.717) is 0 Å². The van der Waals surface area contributed by atoms with Gasteiger partial charge in [-0.05, 0) is 0 Å². The molecule has 4 heavy (non-hydrogen) atoms. The van der Waals surface area contributed by atoms with Crippen LogP contribution in [0, 0.1) is 6.08 Å². The Morgan fingerprint density at radius 1 is 1.75 bits per heavy atom. The van der Waals surface area contributed by atoms with E-state index in [2.05, 4.69) is 12.7 Å². The third-order valence-electron chi connectivity index (χ3n) is 0. The predicted octanol–water partition coefficient (Wildman–Crippen LogP) is -2.00. The summed E-state index contributed by atoms with van der Waals surface area (Å²) in [5, 5.41) is 0. The summed E-state index contributed by atoms with van der Waals surface area (Å²) in [5.74, 6) is 0. The van der Waals surface area contributed by atoms with Crippen molar-refractivity contribution < 1.29 is 51.4 Å². The van der Waals surface area contributed by atoms with Gasteiger partial charge < -0.3 is 6.08 Å². The van der Waals surface area contributed by atoms with Gasteiger partial charge in [0.15, 0.2) is 0 Å². The summed E-state index contributed by atoms with van der Waals surface area (Å²) in [6, 6.07) is 0. The molecule has 0 aromatic rings. The second kappa shape index (κ2) is 8.83. The summed E-state index contributed by atoms with van der Waals surface area (Å²) >= 11 is 0. The monoisotopic (exact) mass is 80.0 g/mol. The van der Waals surface area contributed by atoms with Gasteiger partial charge in [-0.15, -0.1) is 0 Å². The Kier molecular flexibility index (Phi) is 20.0. The predicted molar refractivity (Wildman–Crippen MR) is 14.5 cm³/mol. The van der Waals surface area contributed by atoms with Crippen LogP contribution in [-0.4, -0.2) is 0 Å². The number of hydrogen-bond acceptors (Lipinski definition) is 0. The molecular formula is C3H5K. The maximum atomic E-state index is 3.24. The number of rotatable bonds is 0. The quantitative estimate of drug-likeness (QED) is 0.233. The maximum Gasteiger partial charge on any atom is 1.00 e. The van der Waals surface area contributed by atoms with E-state index in [4.69, 9.17) is 0 Å². The van der Waals surface area contributed by atoms with E-state index in [1.54, 1.807) is 6.92 Å². The first kappa shape index (κ1) is 9.03. The molecule has 0 radical (unpaired) electrons. The van der Waals surface area contributed by atoms with Crippen LogP contribution in [0.4, 0.5) is 0 Å². The number of hydrogen-bond donors (Lipinski definition) is 0. The molecule has 0 aliphatic heterocycles. The molecular weight excluding hydrogens is 75.1 g/mol. The van der Waals surface area contributed by atoms with Crippen LogP contribution in [0.2, 0.25) is 0 Å². The summed E-state index contributed by atoms with van der Waals surface area (Å²) in [4.78, 5) is 0. The van der Waals surface area contributed by atoms with Crippen molar-refractivity contribution >= 4 is 0 Å². The first-order valence-electron chi connectivity index (χ1n) is 0.854. The average molecular weight is 80.2 g/mol. The second-order valence-electron chi connectivity index (χ2n) is 0.354. The number of allylic oxidation sites excluding steroid dienone is 1. The summed E-state index contributed by atoms with van der Waals surface area (Å²) < 4.78 is 0. The zero-order valence-electron chi connectivity index (χ0n) is 3.21. The third kappa shape index (κ3) is 10.1. The van der Waals surface area contributed by atoms with Gasteiger partial charge in [0.25, 0.3) is 0 Å². The van der Waals surface area contributed by atoms with Crippen molar-refractivity contribution in [3.8, 4) is 0 Å². The molecule has 0 atom stereocenters. The molecule has 0 heterocycles. The first-order chi connectivity index (χ1) is 1.41. The van der Waals surface area contributed by atoms with Gasteiger partial charge in [0, 0.05) is 0 Å². The van der Waals surface area contributed by atoms with Gasteiger partial charge >= 0.3 is 51.4 Å². The van der Waals surface area contributed by atoms with Gasteiger partial charge in [-0.3, -0.25) is 6.58 Å². The molecule has 0 fully saturated rings. The molecule has 0 aliphatic carbocycles. The van der Waals surface area contributed by atoms with Gasteiger partial charge in [-0.2, -0.15) is 6.92 Å². The van der Waals surface area contributed by atoms with E-state index in [9.17, 15) is 0 Å². The van der Waals surface area contributed by atoms with Gasteiger partial charge in [0.2, 0.25) is 0 Å². The Morgan fingerprint density at radius 3 is 1.75 bits per heavy atom. The molecule has 0 amide bonds. The zero-order valence-corrected chi connectivity index (χ0v) is 6.33. The molecule has 0 saturated carbocycles. The van der Waals surface area contributed by atoms with Crippen LogP contribution in [0.5, 0.6) is 0 Å². The molecule has 0 aromatic heterocycles. The summed E-state index contributed by atoms with van der Waals surface area (Å²) in [6.07, 6.45) is 2.50. The molecule has 18 valence electrons. The van der Waals surface area contributed by atoms with Gasteiger partial charge in [0.05, 0.1) is 0 Å². The van der Waals surface area contributed by atoms with Gasteiger partial charge in [-0.1, -0.05) is 0 Å². The minimum atomic E-state index is 0. The van der Waals surface area contributed by atoms with Crippen molar-refractivity contribution in [2.45, 2.75) is 6.92 Å². The minimum Gasteiger partial charge on any atom is -0.507 e. The van der Waals surface area contributed by atoms with E-state index in [1.807, 2.05) is 0 Å². The standard InChI is InChI=1S/C3H5.K/c1-3-2;/h1H2,2H3;/q-1;+1. The molecule has 0 unspecified atom stereocenters. The average Bonchev–Trinajstić information content (AvgIpc) is 0.918. The first-order valence-corrected chi connectivity index (χ1v) is 0.854. The minimum absolute atomic E-state index is 0. The van der Waals surface area contributed by atoms with E-state index in [0.717, 1.165) is 0 Å². The van der Waals surface area contributed by atoms with Crippen molar-refractivity contribution in [1.82, 2.24) is 0 Å². The Balaban J connectivity index is 0. The SMILES string of the molecule is C=[C-]C.[K+]. The molecule has 0 aromatic carbocycles. The van der Waals surface area contributed by atoms with Crippen molar-refractivity contribution in [2.24, 2.45) is 0 Å². The smallest absolute Gasteiger partial charge is 0.507 e.